The van der Waals surface area contributed by atoms with Gasteiger partial charge in [0.2, 0.25) is 0 Å². The summed E-state index contributed by atoms with van der Waals surface area (Å²) in [5, 5.41) is 3.17. The number of ether oxygens (including phenoxy) is 2. The number of carbonyl (C=O) groups is 1. The summed E-state index contributed by atoms with van der Waals surface area (Å²) in [6.45, 7) is 4.26. The molecule has 0 aliphatic heterocycles. The van der Waals surface area contributed by atoms with Gasteiger partial charge in [0.05, 0.1) is 19.6 Å². The molecule has 1 aromatic heterocycles. The Hall–Kier alpha value is -1.55. The van der Waals surface area contributed by atoms with Crippen molar-refractivity contribution >= 4 is 27.4 Å². The third-order valence-corrected chi connectivity index (χ3v) is 4.13. The van der Waals surface area contributed by atoms with Crippen molar-refractivity contribution in [2.45, 2.75) is 26.2 Å². The zero-order chi connectivity index (χ0) is 13.8. The van der Waals surface area contributed by atoms with Crippen molar-refractivity contribution in [3.05, 3.63) is 29.1 Å². The van der Waals surface area contributed by atoms with Gasteiger partial charge in [0, 0.05) is 4.70 Å². The van der Waals surface area contributed by atoms with E-state index in [4.69, 9.17) is 9.47 Å². The second-order valence-electron chi connectivity index (χ2n) is 4.27. The Bertz CT molecular complexity index is 574. The summed E-state index contributed by atoms with van der Waals surface area (Å²) in [4.78, 5) is 12.0. The molecule has 0 spiro atoms. The van der Waals surface area contributed by atoms with E-state index in [-0.39, 0.29) is 11.9 Å². The fraction of sp³-hybridized carbons (Fsp3) is 0.400. The molecule has 4 heteroatoms. The molecule has 1 aromatic carbocycles. The largest absolute Gasteiger partial charge is 0.497 e. The summed E-state index contributed by atoms with van der Waals surface area (Å²) in [5.41, 5.74) is 1.06. The average molecular weight is 278 g/mol. The minimum absolute atomic E-state index is 0.138. The molecule has 0 amide bonds. The maximum Gasteiger partial charge on any atom is 0.313 e. The normalized spacial score (nSPS) is 12.4. The minimum Gasteiger partial charge on any atom is -0.497 e. The number of methoxy groups -OCH3 is 1. The summed E-state index contributed by atoms with van der Waals surface area (Å²) < 4.78 is 11.5. The lowest BCUT2D eigenvalue weighted by molar-refractivity contribution is -0.145. The number of benzene rings is 1. The molecule has 0 bridgehead atoms. The van der Waals surface area contributed by atoms with Gasteiger partial charge in [-0.2, -0.15) is 0 Å². The monoisotopic (exact) mass is 278 g/mol. The second-order valence-corrected chi connectivity index (χ2v) is 5.18. The van der Waals surface area contributed by atoms with E-state index in [1.165, 1.54) is 0 Å². The van der Waals surface area contributed by atoms with E-state index in [0.717, 1.165) is 27.8 Å². The van der Waals surface area contributed by atoms with Crippen molar-refractivity contribution < 1.29 is 14.3 Å². The third-order valence-electron chi connectivity index (χ3n) is 3.17. The van der Waals surface area contributed by atoms with Gasteiger partial charge >= 0.3 is 5.97 Å². The maximum absolute atomic E-state index is 12.0. The van der Waals surface area contributed by atoms with Crippen molar-refractivity contribution in [3.63, 3.8) is 0 Å². The lowest BCUT2D eigenvalue weighted by Gasteiger charge is -2.13. The van der Waals surface area contributed by atoms with Crippen molar-refractivity contribution in [1.29, 1.82) is 0 Å². The molecule has 0 radical (unpaired) electrons. The van der Waals surface area contributed by atoms with Crippen LogP contribution in [0, 0.1) is 0 Å². The van der Waals surface area contributed by atoms with Gasteiger partial charge in [-0.15, -0.1) is 11.3 Å². The molecular formula is C15H18O3S. The average Bonchev–Trinajstić information content (AvgIpc) is 2.83. The Morgan fingerprint density at radius 3 is 2.79 bits per heavy atom. The van der Waals surface area contributed by atoms with E-state index >= 15 is 0 Å². The first-order chi connectivity index (χ1) is 9.21. The highest BCUT2D eigenvalue weighted by Gasteiger charge is 2.23. The molecule has 3 nitrogen and oxygen atoms in total. The van der Waals surface area contributed by atoms with E-state index < -0.39 is 0 Å². The Balaban J connectivity index is 2.41. The molecule has 0 N–H and O–H groups in total. The topological polar surface area (TPSA) is 35.5 Å². The molecule has 1 heterocycles. The highest BCUT2D eigenvalue weighted by molar-refractivity contribution is 7.17. The number of rotatable bonds is 5. The Morgan fingerprint density at radius 2 is 2.16 bits per heavy atom. The van der Waals surface area contributed by atoms with Crippen LogP contribution in [0.3, 0.4) is 0 Å². The Kier molecular flexibility index (Phi) is 4.43. The predicted octanol–water partition coefficient (Wildman–Crippen LogP) is 3.97. The van der Waals surface area contributed by atoms with E-state index in [1.807, 2.05) is 32.0 Å². The minimum atomic E-state index is -0.179. The molecule has 1 unspecified atom stereocenters. The van der Waals surface area contributed by atoms with Gasteiger partial charge in [-0.1, -0.05) is 6.92 Å². The van der Waals surface area contributed by atoms with Crippen LogP contribution >= 0.6 is 11.3 Å². The van der Waals surface area contributed by atoms with Gasteiger partial charge in [-0.3, -0.25) is 4.79 Å². The van der Waals surface area contributed by atoms with Gasteiger partial charge in [0.1, 0.15) is 5.75 Å². The SMILES string of the molecule is CCOC(=O)C(CC)c1csc2cc(OC)ccc12. The number of carbonyl (C=O) groups excluding carboxylic acids is 1. The molecule has 0 saturated heterocycles. The highest BCUT2D eigenvalue weighted by Crippen LogP contribution is 2.35. The molecule has 2 rings (SSSR count). The van der Waals surface area contributed by atoms with Gasteiger partial charge in [0.15, 0.2) is 0 Å². The molecular weight excluding hydrogens is 260 g/mol. The van der Waals surface area contributed by atoms with Crippen LogP contribution in [0.5, 0.6) is 5.75 Å². The molecule has 19 heavy (non-hydrogen) atoms. The summed E-state index contributed by atoms with van der Waals surface area (Å²) >= 11 is 1.63. The fourth-order valence-corrected chi connectivity index (χ4v) is 3.22. The van der Waals surface area contributed by atoms with Crippen molar-refractivity contribution in [3.8, 4) is 5.75 Å². The molecule has 0 saturated carbocycles. The summed E-state index contributed by atoms with van der Waals surface area (Å²) in [6.07, 6.45) is 0.747. The molecule has 0 aliphatic carbocycles. The number of fused-ring (bicyclic) bond motifs is 1. The zero-order valence-corrected chi connectivity index (χ0v) is 12.3. The summed E-state index contributed by atoms with van der Waals surface area (Å²) in [5.74, 6) is 0.521. The fourth-order valence-electron chi connectivity index (χ4n) is 2.18. The highest BCUT2D eigenvalue weighted by atomic mass is 32.1. The Morgan fingerprint density at radius 1 is 1.37 bits per heavy atom. The zero-order valence-electron chi connectivity index (χ0n) is 11.4. The molecule has 1 atom stereocenters. The van der Waals surface area contributed by atoms with Gasteiger partial charge < -0.3 is 9.47 Å². The molecule has 0 fully saturated rings. The van der Waals surface area contributed by atoms with E-state index in [1.54, 1.807) is 18.4 Å². The van der Waals surface area contributed by atoms with Gasteiger partial charge in [0.25, 0.3) is 0 Å². The van der Waals surface area contributed by atoms with Crippen LogP contribution in [-0.4, -0.2) is 19.7 Å². The van der Waals surface area contributed by atoms with Crippen LogP contribution in [0.25, 0.3) is 10.1 Å². The van der Waals surface area contributed by atoms with Crippen molar-refractivity contribution in [2.75, 3.05) is 13.7 Å². The van der Waals surface area contributed by atoms with Gasteiger partial charge in [-0.25, -0.2) is 0 Å². The lowest BCUT2D eigenvalue weighted by atomic mass is 9.96. The van der Waals surface area contributed by atoms with Gasteiger partial charge in [-0.05, 0) is 47.9 Å². The van der Waals surface area contributed by atoms with Crippen LogP contribution < -0.4 is 4.74 Å². The summed E-state index contributed by atoms with van der Waals surface area (Å²) in [6, 6.07) is 5.94. The van der Waals surface area contributed by atoms with Crippen LogP contribution in [0.15, 0.2) is 23.6 Å². The van der Waals surface area contributed by atoms with Crippen molar-refractivity contribution in [2.24, 2.45) is 0 Å². The number of esters is 1. The first-order valence-corrected chi connectivity index (χ1v) is 7.31. The van der Waals surface area contributed by atoms with Crippen LogP contribution in [0.1, 0.15) is 31.7 Å². The third kappa shape index (κ3) is 2.73. The second kappa shape index (κ2) is 6.06. The number of hydrogen-bond donors (Lipinski definition) is 0. The molecule has 2 aromatic rings. The smallest absolute Gasteiger partial charge is 0.313 e. The number of thiophene rings is 1. The standard InChI is InChI=1S/C15H18O3S/c1-4-11(15(16)18-5-2)13-9-19-14-8-10(17-3)6-7-12(13)14/h6-9,11H,4-5H2,1-3H3. The lowest BCUT2D eigenvalue weighted by Crippen LogP contribution is -2.14. The van der Waals surface area contributed by atoms with Crippen LogP contribution in [0.2, 0.25) is 0 Å². The quantitative estimate of drug-likeness (QED) is 0.776. The Labute approximate surface area is 117 Å². The first-order valence-electron chi connectivity index (χ1n) is 6.43. The predicted molar refractivity (Wildman–Crippen MR) is 78.0 cm³/mol. The van der Waals surface area contributed by atoms with Crippen LogP contribution in [-0.2, 0) is 9.53 Å². The molecule has 0 aliphatic rings. The maximum atomic E-state index is 12.0. The summed E-state index contributed by atoms with van der Waals surface area (Å²) in [7, 11) is 1.66. The van der Waals surface area contributed by atoms with Crippen LogP contribution in [0.4, 0.5) is 0 Å². The number of hydrogen-bond acceptors (Lipinski definition) is 4. The van der Waals surface area contributed by atoms with E-state index in [0.29, 0.717) is 6.61 Å². The van der Waals surface area contributed by atoms with E-state index in [2.05, 4.69) is 5.38 Å². The van der Waals surface area contributed by atoms with E-state index in [9.17, 15) is 4.79 Å². The van der Waals surface area contributed by atoms with Crippen molar-refractivity contribution in [1.82, 2.24) is 0 Å². The molecule has 102 valence electrons. The first kappa shape index (κ1) is 13.9.